The van der Waals surface area contributed by atoms with Crippen molar-refractivity contribution in [3.8, 4) is 0 Å². The van der Waals surface area contributed by atoms with Crippen molar-refractivity contribution < 1.29 is 0 Å². The van der Waals surface area contributed by atoms with Gasteiger partial charge in [0.05, 0.1) is 0 Å². The first-order valence-electron chi connectivity index (χ1n) is 5.19. The monoisotopic (exact) mass is 244 g/mol. The average molecular weight is 245 g/mol. The first kappa shape index (κ1) is 11.2. The minimum atomic E-state index is 0. The van der Waals surface area contributed by atoms with E-state index < -0.39 is 0 Å². The summed E-state index contributed by atoms with van der Waals surface area (Å²) in [5.41, 5.74) is 1.35. The topological polar surface area (TPSA) is 24.9 Å². The molecule has 2 aliphatic rings. The van der Waals surface area contributed by atoms with Gasteiger partial charge >= 0.3 is 0 Å². The van der Waals surface area contributed by atoms with Gasteiger partial charge in [-0.1, -0.05) is 17.7 Å². The van der Waals surface area contributed by atoms with Gasteiger partial charge in [0.15, 0.2) is 0 Å². The fraction of sp³-hybridized carbons (Fsp3) is 0.545. The molecule has 82 valence electrons. The van der Waals surface area contributed by atoms with E-state index in [1.54, 1.807) is 0 Å². The Morgan fingerprint density at radius 1 is 1.33 bits per heavy atom. The number of piperidine rings is 1. The lowest BCUT2D eigenvalue weighted by atomic mass is 9.91. The molecule has 4 heteroatoms. The van der Waals surface area contributed by atoms with Gasteiger partial charge < -0.3 is 5.32 Å². The lowest BCUT2D eigenvalue weighted by Crippen LogP contribution is -2.25. The molecule has 0 unspecified atom stereocenters. The number of aromatic nitrogens is 1. The Labute approximate surface area is 101 Å². The van der Waals surface area contributed by atoms with Gasteiger partial charge in [-0.05, 0) is 36.9 Å². The third-order valence-corrected chi connectivity index (χ3v) is 3.79. The molecule has 15 heavy (non-hydrogen) atoms. The predicted octanol–water partition coefficient (Wildman–Crippen LogP) is 2.62. The van der Waals surface area contributed by atoms with E-state index in [1.165, 1.54) is 24.9 Å². The standard InChI is InChI=1S/C11H13ClN2.ClH/c12-10-4-2-8(6-14-10)11-7-1-3-9(11)13-5-7;/h2,4,6-7,9,11,13H,1,3,5H2;1H/t7-,9-,11-;/m1./s1. The second kappa shape index (κ2) is 4.28. The third kappa shape index (κ3) is 1.86. The van der Waals surface area contributed by atoms with Gasteiger partial charge in [-0.3, -0.25) is 0 Å². The van der Waals surface area contributed by atoms with Gasteiger partial charge in [0, 0.05) is 18.2 Å². The number of pyridine rings is 1. The fourth-order valence-electron chi connectivity index (χ4n) is 2.93. The number of hydrogen-bond donors (Lipinski definition) is 1. The van der Waals surface area contributed by atoms with Crippen LogP contribution in [-0.4, -0.2) is 17.6 Å². The first-order chi connectivity index (χ1) is 6.84. The molecular formula is C11H14Cl2N2. The highest BCUT2D eigenvalue weighted by Gasteiger charge is 2.42. The molecule has 1 N–H and O–H groups in total. The molecule has 0 aromatic carbocycles. The summed E-state index contributed by atoms with van der Waals surface area (Å²) < 4.78 is 0. The Bertz CT molecular complexity index is 319. The molecule has 1 aromatic heterocycles. The van der Waals surface area contributed by atoms with Crippen LogP contribution in [0.4, 0.5) is 0 Å². The molecule has 3 rings (SSSR count). The van der Waals surface area contributed by atoms with Gasteiger partial charge in [0.25, 0.3) is 0 Å². The molecule has 0 radical (unpaired) electrons. The van der Waals surface area contributed by atoms with Gasteiger partial charge in [-0.25, -0.2) is 4.98 Å². The molecule has 0 amide bonds. The van der Waals surface area contributed by atoms with Crippen molar-refractivity contribution in [2.24, 2.45) is 5.92 Å². The summed E-state index contributed by atoms with van der Waals surface area (Å²) in [5.74, 6) is 1.50. The Hall–Kier alpha value is -0.310. The van der Waals surface area contributed by atoms with Crippen LogP contribution in [0, 0.1) is 5.92 Å². The first-order valence-corrected chi connectivity index (χ1v) is 5.57. The zero-order valence-corrected chi connectivity index (χ0v) is 9.89. The highest BCUT2D eigenvalue weighted by atomic mass is 35.5. The van der Waals surface area contributed by atoms with Crippen LogP contribution in [0.15, 0.2) is 18.3 Å². The average Bonchev–Trinajstić information content (AvgIpc) is 2.78. The van der Waals surface area contributed by atoms with Crippen molar-refractivity contribution >= 4 is 24.0 Å². The predicted molar refractivity (Wildman–Crippen MR) is 63.8 cm³/mol. The highest BCUT2D eigenvalue weighted by Crippen LogP contribution is 2.43. The van der Waals surface area contributed by atoms with Gasteiger partial charge in [-0.2, -0.15) is 0 Å². The van der Waals surface area contributed by atoms with Crippen molar-refractivity contribution in [1.29, 1.82) is 0 Å². The summed E-state index contributed by atoms with van der Waals surface area (Å²) in [4.78, 5) is 4.16. The number of halogens is 2. The van der Waals surface area contributed by atoms with Gasteiger partial charge in [0.2, 0.25) is 0 Å². The zero-order chi connectivity index (χ0) is 9.54. The van der Waals surface area contributed by atoms with E-state index in [1.807, 2.05) is 12.3 Å². The van der Waals surface area contributed by atoms with Crippen molar-refractivity contribution in [2.75, 3.05) is 6.54 Å². The van der Waals surface area contributed by atoms with E-state index in [0.29, 0.717) is 17.1 Å². The Morgan fingerprint density at radius 2 is 2.20 bits per heavy atom. The van der Waals surface area contributed by atoms with E-state index in [2.05, 4.69) is 16.4 Å². The number of fused-ring (bicyclic) bond motifs is 2. The Balaban J connectivity index is 0.000000853. The summed E-state index contributed by atoms with van der Waals surface area (Å²) in [5, 5.41) is 4.15. The second-order valence-electron chi connectivity index (χ2n) is 4.29. The van der Waals surface area contributed by atoms with E-state index in [9.17, 15) is 0 Å². The van der Waals surface area contributed by atoms with E-state index in [-0.39, 0.29) is 12.4 Å². The van der Waals surface area contributed by atoms with Crippen LogP contribution in [0.5, 0.6) is 0 Å². The molecule has 3 atom stereocenters. The fourth-order valence-corrected chi connectivity index (χ4v) is 3.04. The van der Waals surface area contributed by atoms with Crippen LogP contribution < -0.4 is 5.32 Å². The maximum Gasteiger partial charge on any atom is 0.129 e. The zero-order valence-electron chi connectivity index (χ0n) is 8.32. The smallest absolute Gasteiger partial charge is 0.129 e. The van der Waals surface area contributed by atoms with E-state index in [0.717, 1.165) is 5.92 Å². The maximum absolute atomic E-state index is 5.78. The summed E-state index contributed by atoms with van der Waals surface area (Å²) in [6.45, 7) is 1.18. The largest absolute Gasteiger partial charge is 0.313 e. The minimum absolute atomic E-state index is 0. The van der Waals surface area contributed by atoms with Crippen LogP contribution in [-0.2, 0) is 0 Å². The van der Waals surface area contributed by atoms with Gasteiger partial charge in [0.1, 0.15) is 5.15 Å². The maximum atomic E-state index is 5.78. The van der Waals surface area contributed by atoms with Crippen LogP contribution >= 0.6 is 24.0 Å². The van der Waals surface area contributed by atoms with Crippen LogP contribution in [0.25, 0.3) is 0 Å². The Kier molecular flexibility index (Phi) is 3.19. The van der Waals surface area contributed by atoms with Crippen molar-refractivity contribution in [2.45, 2.75) is 24.8 Å². The summed E-state index contributed by atoms with van der Waals surface area (Å²) in [7, 11) is 0. The Morgan fingerprint density at radius 3 is 2.67 bits per heavy atom. The lowest BCUT2D eigenvalue weighted by Gasteiger charge is -2.14. The normalized spacial score (nSPS) is 32.7. The molecule has 0 spiro atoms. The quantitative estimate of drug-likeness (QED) is 0.769. The highest BCUT2D eigenvalue weighted by molar-refractivity contribution is 6.29. The number of nitrogens with one attached hydrogen (secondary N) is 1. The van der Waals surface area contributed by atoms with Crippen LogP contribution in [0.2, 0.25) is 5.15 Å². The molecule has 2 bridgehead atoms. The third-order valence-electron chi connectivity index (χ3n) is 3.57. The van der Waals surface area contributed by atoms with E-state index in [4.69, 9.17) is 11.6 Å². The van der Waals surface area contributed by atoms with Crippen molar-refractivity contribution in [3.63, 3.8) is 0 Å². The summed E-state index contributed by atoms with van der Waals surface area (Å²) in [6, 6.07) is 4.70. The van der Waals surface area contributed by atoms with E-state index >= 15 is 0 Å². The molecule has 2 fully saturated rings. The molecule has 1 aromatic rings. The molecule has 1 aliphatic carbocycles. The minimum Gasteiger partial charge on any atom is -0.313 e. The molecule has 1 saturated heterocycles. The van der Waals surface area contributed by atoms with Crippen LogP contribution in [0.3, 0.4) is 0 Å². The number of hydrogen-bond acceptors (Lipinski definition) is 2. The summed E-state index contributed by atoms with van der Waals surface area (Å²) >= 11 is 5.78. The lowest BCUT2D eigenvalue weighted by molar-refractivity contribution is 0.503. The molecule has 2 nitrogen and oxygen atoms in total. The second-order valence-corrected chi connectivity index (χ2v) is 4.68. The van der Waals surface area contributed by atoms with Crippen molar-refractivity contribution in [3.05, 3.63) is 29.0 Å². The van der Waals surface area contributed by atoms with Crippen LogP contribution in [0.1, 0.15) is 24.3 Å². The number of nitrogens with zero attached hydrogens (tertiary/aromatic N) is 1. The number of rotatable bonds is 1. The van der Waals surface area contributed by atoms with Crippen molar-refractivity contribution in [1.82, 2.24) is 10.3 Å². The SMILES string of the molecule is Cl.Clc1ccc([C@H]2[C@@H]3CC[C@H]2NC3)cn1. The molecule has 1 aliphatic heterocycles. The molecule has 1 saturated carbocycles. The summed E-state index contributed by atoms with van der Waals surface area (Å²) in [6.07, 6.45) is 4.62. The molecule has 2 heterocycles. The van der Waals surface area contributed by atoms with Gasteiger partial charge in [-0.15, -0.1) is 12.4 Å². The molecular weight excluding hydrogens is 231 g/mol.